The topological polar surface area (TPSA) is 56.5 Å². The van der Waals surface area contributed by atoms with Gasteiger partial charge in [0, 0.05) is 15.9 Å². The molecule has 168 valence electrons. The van der Waals surface area contributed by atoms with Crippen molar-refractivity contribution in [3.63, 3.8) is 0 Å². The summed E-state index contributed by atoms with van der Waals surface area (Å²) in [7, 11) is 0. The van der Waals surface area contributed by atoms with Crippen LogP contribution in [0.15, 0.2) is 69.0 Å². The van der Waals surface area contributed by atoms with Crippen molar-refractivity contribution in [2.45, 2.75) is 20.0 Å². The van der Waals surface area contributed by atoms with Gasteiger partial charge in [-0.1, -0.05) is 69.8 Å². The summed E-state index contributed by atoms with van der Waals surface area (Å²) in [4.78, 5) is 17.6. The highest BCUT2D eigenvalue weighted by Gasteiger charge is 2.12. The Balaban J connectivity index is 1.62. The summed E-state index contributed by atoms with van der Waals surface area (Å²) in [5.74, 6) is 0.917. The number of benzene rings is 3. The van der Waals surface area contributed by atoms with Crippen molar-refractivity contribution in [2.24, 2.45) is 5.10 Å². The molecule has 0 fully saturated rings. The Kier molecular flexibility index (Phi) is 7.39. The number of halogens is 4. The van der Waals surface area contributed by atoms with Gasteiger partial charge < -0.3 is 4.74 Å². The Bertz CT molecular complexity index is 1400. The molecule has 1 heterocycles. The van der Waals surface area contributed by atoms with Crippen molar-refractivity contribution in [2.75, 3.05) is 0 Å². The third kappa shape index (κ3) is 5.41. The van der Waals surface area contributed by atoms with Crippen LogP contribution in [0.25, 0.3) is 10.9 Å². The first-order valence-corrected chi connectivity index (χ1v) is 11.9. The van der Waals surface area contributed by atoms with Crippen LogP contribution in [-0.4, -0.2) is 15.9 Å². The fraction of sp³-hybridized carbons (Fsp3) is 0.125. The Hall–Kier alpha value is -2.38. The maximum Gasteiger partial charge on any atom is 0.282 e. The lowest BCUT2D eigenvalue weighted by Crippen LogP contribution is -2.22. The van der Waals surface area contributed by atoms with Crippen LogP contribution in [0.2, 0.25) is 15.1 Å². The molecule has 0 unspecified atom stereocenters. The van der Waals surface area contributed by atoms with Gasteiger partial charge in [0.05, 0.1) is 27.2 Å². The molecule has 0 saturated carbocycles. The first-order chi connectivity index (χ1) is 15.9. The van der Waals surface area contributed by atoms with Crippen molar-refractivity contribution in [3.05, 3.63) is 101 Å². The number of aromatic nitrogens is 2. The highest BCUT2D eigenvalue weighted by molar-refractivity contribution is 9.10. The highest BCUT2D eigenvalue weighted by Crippen LogP contribution is 2.34. The van der Waals surface area contributed by atoms with E-state index in [1.807, 2.05) is 25.1 Å². The van der Waals surface area contributed by atoms with Crippen molar-refractivity contribution in [1.82, 2.24) is 9.66 Å². The minimum atomic E-state index is -0.255. The third-order valence-corrected chi connectivity index (χ3v) is 6.14. The lowest BCUT2D eigenvalue weighted by atomic mass is 10.2. The molecule has 0 amide bonds. The van der Waals surface area contributed by atoms with Crippen molar-refractivity contribution in [3.8, 4) is 5.75 Å². The van der Waals surface area contributed by atoms with E-state index in [2.05, 4.69) is 26.0 Å². The lowest BCUT2D eigenvalue weighted by molar-refractivity contribution is 0.306. The van der Waals surface area contributed by atoms with E-state index in [-0.39, 0.29) is 12.2 Å². The average molecular weight is 566 g/mol. The van der Waals surface area contributed by atoms with E-state index in [0.29, 0.717) is 49.5 Å². The van der Waals surface area contributed by atoms with Gasteiger partial charge in [-0.3, -0.25) is 4.79 Å². The van der Waals surface area contributed by atoms with Crippen LogP contribution in [0.5, 0.6) is 5.75 Å². The average Bonchev–Trinajstić information content (AvgIpc) is 2.79. The standard InChI is InChI=1S/C24H17BrCl3N3O2/c1-2-22-30-21-8-5-16(25)11-18(21)24(32)31(22)29-12-15-9-19(27)23(20(28)10-15)33-13-14-3-6-17(26)7-4-14/h3-12H,2,13H2,1H3. The molecule has 0 N–H and O–H groups in total. The van der Waals surface area contributed by atoms with Gasteiger partial charge in [0.2, 0.25) is 0 Å². The lowest BCUT2D eigenvalue weighted by Gasteiger charge is -2.11. The van der Waals surface area contributed by atoms with Crippen molar-refractivity contribution >= 4 is 67.9 Å². The van der Waals surface area contributed by atoms with E-state index in [4.69, 9.17) is 39.5 Å². The summed E-state index contributed by atoms with van der Waals surface area (Å²) in [6, 6.07) is 16.0. The maximum absolute atomic E-state index is 13.0. The van der Waals surface area contributed by atoms with Gasteiger partial charge in [-0.2, -0.15) is 9.78 Å². The number of hydrogen-bond donors (Lipinski definition) is 0. The molecule has 0 bridgehead atoms. The number of fused-ring (bicyclic) bond motifs is 1. The molecule has 1 aromatic heterocycles. The van der Waals surface area contributed by atoms with Crippen LogP contribution in [0, 0.1) is 0 Å². The molecular weight excluding hydrogens is 549 g/mol. The number of rotatable bonds is 6. The van der Waals surface area contributed by atoms with Gasteiger partial charge >= 0.3 is 0 Å². The summed E-state index contributed by atoms with van der Waals surface area (Å²) in [5.41, 5.74) is 1.92. The molecule has 0 aliphatic carbocycles. The fourth-order valence-corrected chi connectivity index (χ4v) is 4.30. The molecule has 0 atom stereocenters. The number of nitrogens with zero attached hydrogens (tertiary/aromatic N) is 3. The first kappa shape index (κ1) is 23.8. The van der Waals surface area contributed by atoms with E-state index >= 15 is 0 Å². The molecule has 3 aromatic carbocycles. The quantitative estimate of drug-likeness (QED) is 0.234. The predicted octanol–water partition coefficient (Wildman–Crippen LogP) is 7.14. The van der Waals surface area contributed by atoms with E-state index in [0.717, 1.165) is 10.0 Å². The van der Waals surface area contributed by atoms with Crippen LogP contribution < -0.4 is 10.3 Å². The normalized spacial score (nSPS) is 11.4. The van der Waals surface area contributed by atoms with Crippen LogP contribution in [-0.2, 0) is 13.0 Å². The number of aryl methyl sites for hydroxylation is 1. The molecule has 0 saturated heterocycles. The molecule has 0 radical (unpaired) electrons. The zero-order valence-electron chi connectivity index (χ0n) is 17.4. The van der Waals surface area contributed by atoms with Gasteiger partial charge in [-0.25, -0.2) is 4.98 Å². The van der Waals surface area contributed by atoms with Gasteiger partial charge in [0.15, 0.2) is 5.75 Å². The Morgan fingerprint density at radius 3 is 2.42 bits per heavy atom. The largest absolute Gasteiger partial charge is 0.486 e. The second kappa shape index (κ2) is 10.3. The summed E-state index contributed by atoms with van der Waals surface area (Å²) >= 11 is 22.1. The second-order valence-electron chi connectivity index (χ2n) is 7.13. The number of hydrogen-bond acceptors (Lipinski definition) is 4. The minimum absolute atomic E-state index is 0.255. The monoisotopic (exact) mass is 563 g/mol. The van der Waals surface area contributed by atoms with E-state index in [9.17, 15) is 4.79 Å². The van der Waals surface area contributed by atoms with E-state index in [1.54, 1.807) is 36.4 Å². The zero-order chi connectivity index (χ0) is 23.5. The summed E-state index contributed by atoms with van der Waals surface area (Å²) < 4.78 is 7.89. The predicted molar refractivity (Wildman–Crippen MR) is 138 cm³/mol. The molecule has 5 nitrogen and oxygen atoms in total. The molecular formula is C24H17BrCl3N3O2. The van der Waals surface area contributed by atoms with Crippen molar-refractivity contribution < 1.29 is 4.74 Å². The number of ether oxygens (including phenoxy) is 1. The van der Waals surface area contributed by atoms with Crippen LogP contribution >= 0.6 is 50.7 Å². The molecule has 9 heteroatoms. The molecule has 33 heavy (non-hydrogen) atoms. The smallest absolute Gasteiger partial charge is 0.282 e. The maximum atomic E-state index is 13.0. The van der Waals surface area contributed by atoms with Gasteiger partial charge in [-0.05, 0) is 53.6 Å². The first-order valence-electron chi connectivity index (χ1n) is 9.97. The summed E-state index contributed by atoms with van der Waals surface area (Å²) in [6.45, 7) is 2.21. The molecule has 0 aliphatic rings. The van der Waals surface area contributed by atoms with Crippen LogP contribution in [0.3, 0.4) is 0 Å². The van der Waals surface area contributed by atoms with Crippen LogP contribution in [0.1, 0.15) is 23.9 Å². The highest BCUT2D eigenvalue weighted by atomic mass is 79.9. The minimum Gasteiger partial charge on any atom is -0.486 e. The van der Waals surface area contributed by atoms with Crippen LogP contribution in [0.4, 0.5) is 0 Å². The Morgan fingerprint density at radius 1 is 1.06 bits per heavy atom. The van der Waals surface area contributed by atoms with E-state index in [1.165, 1.54) is 10.9 Å². The molecule has 0 aliphatic heterocycles. The molecule has 4 aromatic rings. The second-order valence-corrected chi connectivity index (χ2v) is 9.30. The summed E-state index contributed by atoms with van der Waals surface area (Å²) in [5, 5.41) is 6.16. The molecule has 0 spiro atoms. The van der Waals surface area contributed by atoms with Crippen molar-refractivity contribution in [1.29, 1.82) is 0 Å². The van der Waals surface area contributed by atoms with Gasteiger partial charge in [0.1, 0.15) is 12.4 Å². The molecule has 4 rings (SSSR count). The zero-order valence-corrected chi connectivity index (χ0v) is 21.2. The fourth-order valence-electron chi connectivity index (χ4n) is 3.20. The third-order valence-electron chi connectivity index (χ3n) is 4.83. The Morgan fingerprint density at radius 2 is 1.76 bits per heavy atom. The Labute approximate surface area is 213 Å². The van der Waals surface area contributed by atoms with Gasteiger partial charge in [0.25, 0.3) is 5.56 Å². The van der Waals surface area contributed by atoms with Gasteiger partial charge in [-0.15, -0.1) is 0 Å². The summed E-state index contributed by atoms with van der Waals surface area (Å²) in [6.07, 6.45) is 2.06. The van der Waals surface area contributed by atoms with E-state index < -0.39 is 0 Å². The SMILES string of the molecule is CCc1nc2ccc(Br)cc2c(=O)n1N=Cc1cc(Cl)c(OCc2ccc(Cl)cc2)c(Cl)c1.